The van der Waals surface area contributed by atoms with E-state index in [1.54, 1.807) is 18.2 Å². The third kappa shape index (κ3) is 3.14. The number of amides is 1. The van der Waals surface area contributed by atoms with Crippen LogP contribution in [-0.4, -0.2) is 23.0 Å². The second kappa shape index (κ2) is 6.18. The molecule has 2 rings (SSSR count). The standard InChI is InChI=1S/C12H12ClN5O2/c1-20-10-4-7(2-3-8(10)13)17-12(19)9-5-16-11(18-14)6-15-9/h2-6H,14H2,1H3,(H,16,18)(H,17,19). The number of nitrogens with one attached hydrogen (secondary N) is 2. The average Bonchev–Trinajstić information content (AvgIpc) is 2.49. The third-order valence-corrected chi connectivity index (χ3v) is 2.75. The number of aromatic nitrogens is 2. The first-order valence-electron chi connectivity index (χ1n) is 5.57. The number of nitrogens with two attached hydrogens (primary N) is 1. The van der Waals surface area contributed by atoms with E-state index in [1.165, 1.54) is 19.5 Å². The van der Waals surface area contributed by atoms with Crippen molar-refractivity contribution in [3.05, 3.63) is 41.3 Å². The van der Waals surface area contributed by atoms with Crippen LogP contribution >= 0.6 is 11.6 Å². The van der Waals surface area contributed by atoms with Crippen LogP contribution in [0, 0.1) is 0 Å². The summed E-state index contributed by atoms with van der Waals surface area (Å²) in [5.74, 6) is 5.61. The zero-order valence-corrected chi connectivity index (χ0v) is 11.3. The predicted octanol–water partition coefficient (Wildman–Crippen LogP) is 1.68. The summed E-state index contributed by atoms with van der Waals surface area (Å²) in [7, 11) is 1.50. The molecule has 0 unspecified atom stereocenters. The van der Waals surface area contributed by atoms with Crippen molar-refractivity contribution >= 4 is 29.0 Å². The van der Waals surface area contributed by atoms with Crippen molar-refractivity contribution in [1.82, 2.24) is 9.97 Å². The Morgan fingerprint density at radius 1 is 1.35 bits per heavy atom. The number of halogens is 1. The number of hydrogen-bond donors (Lipinski definition) is 3. The van der Waals surface area contributed by atoms with Gasteiger partial charge in [0.2, 0.25) is 0 Å². The van der Waals surface area contributed by atoms with Gasteiger partial charge in [-0.05, 0) is 12.1 Å². The topological polar surface area (TPSA) is 102 Å². The van der Waals surface area contributed by atoms with Crippen molar-refractivity contribution in [2.24, 2.45) is 5.84 Å². The van der Waals surface area contributed by atoms with Crippen LogP contribution in [0.5, 0.6) is 5.75 Å². The second-order valence-electron chi connectivity index (χ2n) is 3.73. The Kier molecular flexibility index (Phi) is 4.34. The molecule has 4 N–H and O–H groups in total. The first-order valence-corrected chi connectivity index (χ1v) is 5.95. The SMILES string of the molecule is COc1cc(NC(=O)c2cnc(NN)cn2)ccc1Cl. The lowest BCUT2D eigenvalue weighted by Crippen LogP contribution is -2.15. The van der Waals surface area contributed by atoms with Crippen LogP contribution in [-0.2, 0) is 0 Å². The highest BCUT2D eigenvalue weighted by Gasteiger charge is 2.10. The Balaban J connectivity index is 2.14. The molecule has 1 heterocycles. The van der Waals surface area contributed by atoms with Gasteiger partial charge in [0.05, 0.1) is 24.5 Å². The molecule has 8 heteroatoms. The van der Waals surface area contributed by atoms with E-state index in [0.717, 1.165) is 0 Å². The van der Waals surface area contributed by atoms with Gasteiger partial charge in [-0.25, -0.2) is 15.8 Å². The largest absolute Gasteiger partial charge is 0.495 e. The molecule has 0 bridgehead atoms. The van der Waals surface area contributed by atoms with E-state index in [1.807, 2.05) is 0 Å². The predicted molar refractivity (Wildman–Crippen MR) is 75.8 cm³/mol. The van der Waals surface area contributed by atoms with Crippen molar-refractivity contribution in [1.29, 1.82) is 0 Å². The zero-order chi connectivity index (χ0) is 14.5. The second-order valence-corrected chi connectivity index (χ2v) is 4.14. The molecule has 0 aliphatic carbocycles. The molecule has 1 aromatic carbocycles. The van der Waals surface area contributed by atoms with Gasteiger partial charge in [0.15, 0.2) is 5.82 Å². The number of ether oxygens (including phenoxy) is 1. The van der Waals surface area contributed by atoms with Crippen LogP contribution < -0.4 is 21.3 Å². The van der Waals surface area contributed by atoms with Crippen LogP contribution in [0.2, 0.25) is 5.02 Å². The maximum atomic E-state index is 12.0. The first kappa shape index (κ1) is 14.0. The minimum Gasteiger partial charge on any atom is -0.495 e. The number of hydrogen-bond acceptors (Lipinski definition) is 6. The number of benzene rings is 1. The van der Waals surface area contributed by atoms with Gasteiger partial charge in [-0.15, -0.1) is 0 Å². The molecule has 0 radical (unpaired) electrons. The van der Waals surface area contributed by atoms with Crippen molar-refractivity contribution in [2.75, 3.05) is 17.9 Å². The monoisotopic (exact) mass is 293 g/mol. The summed E-state index contributed by atoms with van der Waals surface area (Å²) in [6.07, 6.45) is 2.68. The average molecular weight is 294 g/mol. The van der Waals surface area contributed by atoms with Gasteiger partial charge in [-0.1, -0.05) is 11.6 Å². The molecule has 0 atom stereocenters. The normalized spacial score (nSPS) is 9.95. The van der Waals surface area contributed by atoms with Crippen molar-refractivity contribution in [3.63, 3.8) is 0 Å². The molecule has 2 aromatic rings. The Labute approximate surface area is 120 Å². The summed E-state index contributed by atoms with van der Waals surface area (Å²) in [6.45, 7) is 0. The van der Waals surface area contributed by atoms with Gasteiger partial charge in [0.25, 0.3) is 5.91 Å². The van der Waals surface area contributed by atoms with E-state index in [2.05, 4.69) is 20.7 Å². The fraction of sp³-hybridized carbons (Fsp3) is 0.0833. The number of methoxy groups -OCH3 is 1. The Morgan fingerprint density at radius 2 is 2.15 bits per heavy atom. The fourth-order valence-corrected chi connectivity index (χ4v) is 1.65. The molecule has 0 aliphatic rings. The van der Waals surface area contributed by atoms with Crippen molar-refractivity contribution < 1.29 is 9.53 Å². The summed E-state index contributed by atoms with van der Waals surface area (Å²) in [6, 6.07) is 4.90. The van der Waals surface area contributed by atoms with Crippen molar-refractivity contribution in [2.45, 2.75) is 0 Å². The molecule has 7 nitrogen and oxygen atoms in total. The Bertz CT molecular complexity index is 618. The Morgan fingerprint density at radius 3 is 2.75 bits per heavy atom. The number of nitrogen functional groups attached to an aromatic ring is 1. The number of carbonyl (C=O) groups excluding carboxylic acids is 1. The van der Waals surface area contributed by atoms with Crippen LogP contribution in [0.25, 0.3) is 0 Å². The summed E-state index contributed by atoms with van der Waals surface area (Å²) in [4.78, 5) is 19.8. The highest BCUT2D eigenvalue weighted by Crippen LogP contribution is 2.27. The summed E-state index contributed by atoms with van der Waals surface area (Å²) < 4.78 is 5.07. The van der Waals surface area contributed by atoms with Gasteiger partial charge in [-0.2, -0.15) is 0 Å². The summed E-state index contributed by atoms with van der Waals surface area (Å²) in [5, 5.41) is 3.13. The van der Waals surface area contributed by atoms with Gasteiger partial charge in [0.1, 0.15) is 11.4 Å². The van der Waals surface area contributed by atoms with Crippen LogP contribution in [0.15, 0.2) is 30.6 Å². The lowest BCUT2D eigenvalue weighted by molar-refractivity contribution is 0.102. The molecule has 20 heavy (non-hydrogen) atoms. The highest BCUT2D eigenvalue weighted by molar-refractivity contribution is 6.32. The molecule has 0 aliphatic heterocycles. The molecule has 1 aromatic heterocycles. The molecule has 0 fully saturated rings. The van der Waals surface area contributed by atoms with Crippen LogP contribution in [0.4, 0.5) is 11.5 Å². The van der Waals surface area contributed by atoms with Crippen molar-refractivity contribution in [3.8, 4) is 5.75 Å². The quantitative estimate of drug-likeness (QED) is 0.585. The minimum atomic E-state index is -0.398. The zero-order valence-electron chi connectivity index (χ0n) is 10.6. The molecule has 0 spiro atoms. The van der Waals surface area contributed by atoms with Crippen LogP contribution in [0.3, 0.4) is 0 Å². The number of nitrogens with zero attached hydrogens (tertiary/aromatic N) is 2. The minimum absolute atomic E-state index is 0.165. The number of hydrazine groups is 1. The molecule has 1 amide bonds. The first-order chi connectivity index (χ1) is 9.63. The maximum Gasteiger partial charge on any atom is 0.275 e. The van der Waals surface area contributed by atoms with Crippen LogP contribution in [0.1, 0.15) is 10.5 Å². The van der Waals surface area contributed by atoms with E-state index < -0.39 is 5.91 Å². The molecule has 0 saturated heterocycles. The molecular formula is C12H12ClN5O2. The Hall–Kier alpha value is -2.38. The molecule has 104 valence electrons. The van der Waals surface area contributed by atoms with E-state index in [9.17, 15) is 4.79 Å². The van der Waals surface area contributed by atoms with Gasteiger partial charge in [-0.3, -0.25) is 4.79 Å². The maximum absolute atomic E-state index is 12.0. The lowest BCUT2D eigenvalue weighted by atomic mass is 10.3. The summed E-state index contributed by atoms with van der Waals surface area (Å²) >= 11 is 5.90. The number of anilines is 2. The van der Waals surface area contributed by atoms with E-state index in [0.29, 0.717) is 22.3 Å². The molecular weight excluding hydrogens is 282 g/mol. The number of rotatable bonds is 4. The highest BCUT2D eigenvalue weighted by atomic mass is 35.5. The van der Waals surface area contributed by atoms with E-state index >= 15 is 0 Å². The number of carbonyl (C=O) groups is 1. The lowest BCUT2D eigenvalue weighted by Gasteiger charge is -2.08. The molecule has 0 saturated carbocycles. The van der Waals surface area contributed by atoms with Gasteiger partial charge in [0, 0.05) is 11.8 Å². The van der Waals surface area contributed by atoms with E-state index in [-0.39, 0.29) is 5.69 Å². The summed E-state index contributed by atoms with van der Waals surface area (Å²) in [5.41, 5.74) is 3.03. The third-order valence-electron chi connectivity index (χ3n) is 2.44. The van der Waals surface area contributed by atoms with Gasteiger partial charge >= 0.3 is 0 Å². The smallest absolute Gasteiger partial charge is 0.275 e. The fourth-order valence-electron chi connectivity index (χ4n) is 1.45. The van der Waals surface area contributed by atoms with E-state index in [4.69, 9.17) is 22.2 Å². The van der Waals surface area contributed by atoms with Gasteiger partial charge < -0.3 is 15.5 Å².